The van der Waals surface area contributed by atoms with E-state index in [0.29, 0.717) is 11.7 Å². The molecule has 0 aliphatic heterocycles. The maximum atomic E-state index is 10.6. The Kier molecular flexibility index (Phi) is 7.39. The van der Waals surface area contributed by atoms with Crippen molar-refractivity contribution in [1.82, 2.24) is 0 Å². The fourth-order valence-corrected chi connectivity index (χ4v) is 1.04. The zero-order chi connectivity index (χ0) is 10.1. The SMILES string of the molecule is CC(=O)CCCCCC#CC(C)C. The van der Waals surface area contributed by atoms with Crippen molar-refractivity contribution in [3.63, 3.8) is 0 Å². The van der Waals surface area contributed by atoms with E-state index < -0.39 is 0 Å². The van der Waals surface area contributed by atoms with E-state index in [-0.39, 0.29) is 0 Å². The molecule has 0 unspecified atom stereocenters. The number of carbonyl (C=O) groups is 1. The number of unbranched alkanes of at least 4 members (excludes halogenated alkanes) is 3. The van der Waals surface area contributed by atoms with Gasteiger partial charge in [-0.2, -0.15) is 0 Å². The van der Waals surface area contributed by atoms with Crippen LogP contribution in [0, 0.1) is 17.8 Å². The summed E-state index contributed by atoms with van der Waals surface area (Å²) in [5, 5.41) is 0. The minimum absolute atomic E-state index is 0.299. The highest BCUT2D eigenvalue weighted by Gasteiger charge is 1.92. The molecule has 0 atom stereocenters. The lowest BCUT2D eigenvalue weighted by Gasteiger charge is -1.94. The average molecular weight is 180 g/mol. The molecule has 0 amide bonds. The van der Waals surface area contributed by atoms with Crippen molar-refractivity contribution in [2.24, 2.45) is 5.92 Å². The number of carbonyl (C=O) groups excluding carboxylic acids is 1. The van der Waals surface area contributed by atoms with Gasteiger partial charge < -0.3 is 4.79 Å². The zero-order valence-electron chi connectivity index (χ0n) is 9.02. The highest BCUT2D eigenvalue weighted by atomic mass is 16.1. The number of Topliss-reactive ketones (excluding diaryl/α,β-unsaturated/α-hetero) is 1. The molecular formula is C12H20O. The lowest BCUT2D eigenvalue weighted by molar-refractivity contribution is -0.117. The first kappa shape index (κ1) is 12.2. The fourth-order valence-electron chi connectivity index (χ4n) is 1.04. The van der Waals surface area contributed by atoms with Crippen molar-refractivity contribution in [1.29, 1.82) is 0 Å². The molecule has 0 bridgehead atoms. The van der Waals surface area contributed by atoms with Crippen LogP contribution in [-0.2, 0) is 4.79 Å². The number of rotatable bonds is 5. The summed E-state index contributed by atoms with van der Waals surface area (Å²) >= 11 is 0. The van der Waals surface area contributed by atoms with E-state index in [1.807, 2.05) is 0 Å². The van der Waals surface area contributed by atoms with Crippen LogP contribution in [0.15, 0.2) is 0 Å². The topological polar surface area (TPSA) is 17.1 Å². The Morgan fingerprint density at radius 3 is 2.46 bits per heavy atom. The second kappa shape index (κ2) is 7.86. The second-order valence-electron chi connectivity index (χ2n) is 3.74. The van der Waals surface area contributed by atoms with Crippen LogP contribution in [0.25, 0.3) is 0 Å². The van der Waals surface area contributed by atoms with Crippen molar-refractivity contribution < 1.29 is 4.79 Å². The molecule has 0 aromatic rings. The van der Waals surface area contributed by atoms with Crippen LogP contribution >= 0.6 is 0 Å². The van der Waals surface area contributed by atoms with Crippen molar-refractivity contribution in [3.05, 3.63) is 0 Å². The van der Waals surface area contributed by atoms with Gasteiger partial charge in [-0.1, -0.05) is 20.3 Å². The van der Waals surface area contributed by atoms with E-state index in [0.717, 1.165) is 32.1 Å². The number of hydrogen-bond acceptors (Lipinski definition) is 1. The summed E-state index contributed by atoms with van der Waals surface area (Å²) in [6, 6.07) is 0. The molecule has 0 saturated carbocycles. The molecule has 13 heavy (non-hydrogen) atoms. The zero-order valence-corrected chi connectivity index (χ0v) is 9.02. The first-order chi connectivity index (χ1) is 6.13. The monoisotopic (exact) mass is 180 g/mol. The van der Waals surface area contributed by atoms with Gasteiger partial charge in [-0.25, -0.2) is 0 Å². The number of ketones is 1. The van der Waals surface area contributed by atoms with Gasteiger partial charge in [0.05, 0.1) is 0 Å². The van der Waals surface area contributed by atoms with Gasteiger partial charge in [0.2, 0.25) is 0 Å². The molecule has 0 aliphatic rings. The Morgan fingerprint density at radius 1 is 1.23 bits per heavy atom. The van der Waals surface area contributed by atoms with E-state index in [1.165, 1.54) is 0 Å². The molecule has 0 N–H and O–H groups in total. The molecule has 0 heterocycles. The van der Waals surface area contributed by atoms with Crippen molar-refractivity contribution in [2.45, 2.75) is 52.9 Å². The molecule has 0 radical (unpaired) electrons. The summed E-state index contributed by atoms with van der Waals surface area (Å²) in [6.07, 6.45) is 5.01. The smallest absolute Gasteiger partial charge is 0.129 e. The molecule has 0 rings (SSSR count). The molecule has 74 valence electrons. The molecule has 0 aliphatic carbocycles. The molecular weight excluding hydrogens is 160 g/mol. The lowest BCUT2D eigenvalue weighted by Crippen LogP contribution is -1.88. The van der Waals surface area contributed by atoms with Crippen LogP contribution < -0.4 is 0 Å². The van der Waals surface area contributed by atoms with E-state index in [9.17, 15) is 4.79 Å². The third-order valence-corrected chi connectivity index (χ3v) is 1.72. The Labute approximate surface area is 81.9 Å². The summed E-state index contributed by atoms with van der Waals surface area (Å²) in [5.41, 5.74) is 0. The van der Waals surface area contributed by atoms with Crippen LogP contribution in [-0.4, -0.2) is 5.78 Å². The Bertz CT molecular complexity index is 193. The van der Waals surface area contributed by atoms with E-state index in [4.69, 9.17) is 0 Å². The Hall–Kier alpha value is -0.770. The second-order valence-corrected chi connectivity index (χ2v) is 3.74. The highest BCUT2D eigenvalue weighted by Crippen LogP contribution is 2.02. The molecule has 0 saturated heterocycles. The molecule has 0 spiro atoms. The highest BCUT2D eigenvalue weighted by molar-refractivity contribution is 5.75. The van der Waals surface area contributed by atoms with Crippen molar-refractivity contribution in [2.75, 3.05) is 0 Å². The fraction of sp³-hybridized carbons (Fsp3) is 0.750. The minimum atomic E-state index is 0.299. The van der Waals surface area contributed by atoms with Crippen LogP contribution in [0.4, 0.5) is 0 Å². The van der Waals surface area contributed by atoms with Gasteiger partial charge in [-0.05, 0) is 19.8 Å². The predicted octanol–water partition coefficient (Wildman–Crippen LogP) is 3.19. The molecule has 0 fully saturated rings. The third kappa shape index (κ3) is 11.2. The molecule has 1 nitrogen and oxygen atoms in total. The number of hydrogen-bond donors (Lipinski definition) is 0. The van der Waals surface area contributed by atoms with E-state index in [1.54, 1.807) is 6.92 Å². The van der Waals surface area contributed by atoms with Gasteiger partial charge in [0.15, 0.2) is 0 Å². The van der Waals surface area contributed by atoms with Gasteiger partial charge in [-0.3, -0.25) is 0 Å². The van der Waals surface area contributed by atoms with Gasteiger partial charge in [0.1, 0.15) is 5.78 Å². The van der Waals surface area contributed by atoms with E-state index in [2.05, 4.69) is 25.7 Å². The Balaban J connectivity index is 3.19. The first-order valence-electron chi connectivity index (χ1n) is 5.10. The van der Waals surface area contributed by atoms with Crippen molar-refractivity contribution in [3.8, 4) is 11.8 Å². The standard InChI is InChI=1S/C12H20O/c1-11(2)9-7-5-4-6-8-10-12(3)13/h11H,4-6,8,10H2,1-3H3. The largest absolute Gasteiger partial charge is 0.300 e. The summed E-state index contributed by atoms with van der Waals surface area (Å²) in [7, 11) is 0. The summed E-state index contributed by atoms with van der Waals surface area (Å²) in [4.78, 5) is 10.6. The summed E-state index contributed by atoms with van der Waals surface area (Å²) < 4.78 is 0. The third-order valence-electron chi connectivity index (χ3n) is 1.72. The first-order valence-corrected chi connectivity index (χ1v) is 5.10. The average Bonchev–Trinajstić information content (AvgIpc) is 2.01. The predicted molar refractivity (Wildman–Crippen MR) is 56.4 cm³/mol. The van der Waals surface area contributed by atoms with Crippen molar-refractivity contribution >= 4 is 5.78 Å². The maximum Gasteiger partial charge on any atom is 0.129 e. The summed E-state index contributed by atoms with van der Waals surface area (Å²) in [6.45, 7) is 5.85. The normalized spacial score (nSPS) is 9.54. The maximum absolute atomic E-state index is 10.6. The van der Waals surface area contributed by atoms with Crippen LogP contribution in [0.2, 0.25) is 0 Å². The van der Waals surface area contributed by atoms with Gasteiger partial charge >= 0.3 is 0 Å². The summed E-state index contributed by atoms with van der Waals surface area (Å²) in [5.74, 6) is 7.05. The quantitative estimate of drug-likeness (QED) is 0.469. The van der Waals surface area contributed by atoms with Gasteiger partial charge in [0.25, 0.3) is 0 Å². The minimum Gasteiger partial charge on any atom is -0.300 e. The molecule has 1 heteroatoms. The van der Waals surface area contributed by atoms with Gasteiger partial charge in [0, 0.05) is 18.8 Å². The molecule has 0 aromatic heterocycles. The molecule has 0 aromatic carbocycles. The van der Waals surface area contributed by atoms with E-state index >= 15 is 0 Å². The lowest BCUT2D eigenvalue weighted by atomic mass is 10.1. The van der Waals surface area contributed by atoms with Crippen LogP contribution in [0.3, 0.4) is 0 Å². The van der Waals surface area contributed by atoms with Crippen LogP contribution in [0.5, 0.6) is 0 Å². The Morgan fingerprint density at radius 2 is 1.92 bits per heavy atom. The van der Waals surface area contributed by atoms with Crippen LogP contribution in [0.1, 0.15) is 52.9 Å². The van der Waals surface area contributed by atoms with Gasteiger partial charge in [-0.15, -0.1) is 11.8 Å².